The summed E-state index contributed by atoms with van der Waals surface area (Å²) in [5.41, 5.74) is 0.493. The normalized spacial score (nSPS) is 11.4. The molecule has 1 nitrogen and oxygen atoms in total. The second-order valence-corrected chi connectivity index (χ2v) is 5.44. The molecule has 0 N–H and O–H groups in total. The Hall–Kier alpha value is -0.510. The molecule has 0 unspecified atom stereocenters. The second kappa shape index (κ2) is 10.6. The van der Waals surface area contributed by atoms with Crippen LogP contribution >= 0.6 is 0 Å². The molecule has 0 heterocycles. The van der Waals surface area contributed by atoms with Crippen molar-refractivity contribution in [3.63, 3.8) is 0 Å². The Labute approximate surface area is 109 Å². The van der Waals surface area contributed by atoms with Gasteiger partial charge in [0.25, 0.3) is 0 Å². The van der Waals surface area contributed by atoms with Crippen molar-refractivity contribution in [3.8, 4) is 0 Å². The topological polar surface area (TPSA) is 4.36 Å². The van der Waals surface area contributed by atoms with E-state index < -0.39 is 0 Å². The number of unbranched alkanes of at least 4 members (excludes halogenated alkanes) is 3. The summed E-state index contributed by atoms with van der Waals surface area (Å²) in [5.74, 6) is 0. The fourth-order valence-corrected chi connectivity index (χ4v) is 2.70. The van der Waals surface area contributed by atoms with Crippen molar-refractivity contribution in [2.24, 2.45) is 5.41 Å². The van der Waals surface area contributed by atoms with E-state index in [1.165, 1.54) is 57.8 Å². The second-order valence-electron chi connectivity index (χ2n) is 5.44. The van der Waals surface area contributed by atoms with Crippen LogP contribution in [-0.4, -0.2) is 6.54 Å². The summed E-state index contributed by atoms with van der Waals surface area (Å²) < 4.78 is 0. The summed E-state index contributed by atoms with van der Waals surface area (Å²) in [4.78, 5) is 3.59. The fraction of sp³-hybridized carbons (Fsp3) is 0.938. The zero-order valence-corrected chi connectivity index (χ0v) is 12.2. The number of nitrogens with zero attached hydrogens (tertiary/aromatic N) is 1. The molecule has 0 fully saturated rings. The summed E-state index contributed by atoms with van der Waals surface area (Å²) in [6, 6.07) is 0. The zero-order chi connectivity index (χ0) is 13.0. The van der Waals surface area contributed by atoms with Gasteiger partial charge in [0.15, 0.2) is 0 Å². The van der Waals surface area contributed by atoms with Crippen LogP contribution in [0.2, 0.25) is 0 Å². The van der Waals surface area contributed by atoms with Gasteiger partial charge in [-0.1, -0.05) is 59.3 Å². The van der Waals surface area contributed by atoms with Crippen molar-refractivity contribution in [3.05, 3.63) is 11.4 Å². The van der Waals surface area contributed by atoms with Crippen LogP contribution < -0.4 is 0 Å². The zero-order valence-electron chi connectivity index (χ0n) is 12.2. The molecular weight excluding hydrogens is 206 g/mol. The van der Waals surface area contributed by atoms with Gasteiger partial charge in [-0.3, -0.25) is 0 Å². The van der Waals surface area contributed by atoms with Gasteiger partial charge in [-0.25, -0.2) is 6.57 Å². The Morgan fingerprint density at radius 1 is 0.765 bits per heavy atom. The molecule has 0 atom stereocenters. The highest BCUT2D eigenvalue weighted by atomic mass is 14.6. The van der Waals surface area contributed by atoms with Gasteiger partial charge in [0.05, 0.1) is 0 Å². The number of hydrogen-bond acceptors (Lipinski definition) is 0. The molecule has 0 rings (SSSR count). The molecule has 0 bridgehead atoms. The van der Waals surface area contributed by atoms with Crippen LogP contribution in [0.1, 0.15) is 85.0 Å². The van der Waals surface area contributed by atoms with Crippen molar-refractivity contribution in [1.82, 2.24) is 0 Å². The van der Waals surface area contributed by atoms with Gasteiger partial charge in [0.1, 0.15) is 0 Å². The Morgan fingerprint density at radius 2 is 1.18 bits per heavy atom. The summed E-state index contributed by atoms with van der Waals surface area (Å²) in [5, 5.41) is 0. The summed E-state index contributed by atoms with van der Waals surface area (Å²) >= 11 is 0. The highest BCUT2D eigenvalue weighted by Crippen LogP contribution is 2.39. The fourth-order valence-electron chi connectivity index (χ4n) is 2.70. The highest BCUT2D eigenvalue weighted by Gasteiger charge is 2.28. The van der Waals surface area contributed by atoms with Crippen LogP contribution in [0, 0.1) is 12.0 Å². The molecule has 0 amide bonds. The molecule has 0 aromatic rings. The van der Waals surface area contributed by atoms with Crippen molar-refractivity contribution < 1.29 is 0 Å². The van der Waals surface area contributed by atoms with Crippen LogP contribution in [0.5, 0.6) is 0 Å². The third-order valence-electron chi connectivity index (χ3n) is 3.94. The van der Waals surface area contributed by atoms with Crippen LogP contribution in [0.15, 0.2) is 0 Å². The lowest BCUT2D eigenvalue weighted by molar-refractivity contribution is 0.189. The smallest absolute Gasteiger partial charge is 0.215 e. The molecule has 0 aromatic carbocycles. The van der Waals surface area contributed by atoms with E-state index in [2.05, 4.69) is 25.6 Å². The highest BCUT2D eigenvalue weighted by molar-refractivity contribution is 4.82. The van der Waals surface area contributed by atoms with E-state index in [-0.39, 0.29) is 0 Å². The van der Waals surface area contributed by atoms with Gasteiger partial charge in [-0.2, -0.15) is 0 Å². The first-order chi connectivity index (χ1) is 8.24. The first kappa shape index (κ1) is 16.5. The summed E-state index contributed by atoms with van der Waals surface area (Å²) in [7, 11) is 0. The monoisotopic (exact) mass is 237 g/mol. The lowest BCUT2D eigenvalue weighted by atomic mass is 9.72. The third kappa shape index (κ3) is 7.42. The minimum Gasteiger partial charge on any atom is -0.317 e. The molecule has 0 aliphatic heterocycles. The molecule has 0 aromatic heterocycles. The van der Waals surface area contributed by atoms with E-state index in [1.54, 1.807) is 0 Å². The first-order valence-corrected chi connectivity index (χ1v) is 7.58. The molecule has 0 radical (unpaired) electrons. The molecule has 0 aliphatic rings. The van der Waals surface area contributed by atoms with Crippen LogP contribution in [0.3, 0.4) is 0 Å². The molecule has 100 valence electrons. The van der Waals surface area contributed by atoms with E-state index in [4.69, 9.17) is 6.57 Å². The predicted octanol–water partition coefficient (Wildman–Crippen LogP) is 5.85. The van der Waals surface area contributed by atoms with Gasteiger partial charge in [-0.15, -0.1) is 0 Å². The molecular formula is C16H31N. The lowest BCUT2D eigenvalue weighted by Crippen LogP contribution is -2.22. The Bertz CT molecular complexity index is 180. The molecule has 1 heteroatoms. The van der Waals surface area contributed by atoms with Gasteiger partial charge in [-0.05, 0) is 24.7 Å². The summed E-state index contributed by atoms with van der Waals surface area (Å²) in [6.07, 6.45) is 13.1. The van der Waals surface area contributed by atoms with E-state index in [0.717, 1.165) is 13.0 Å². The molecule has 17 heavy (non-hydrogen) atoms. The van der Waals surface area contributed by atoms with Gasteiger partial charge in [0.2, 0.25) is 6.54 Å². The summed E-state index contributed by atoms with van der Waals surface area (Å²) in [6.45, 7) is 14.6. The third-order valence-corrected chi connectivity index (χ3v) is 3.94. The lowest BCUT2D eigenvalue weighted by Gasteiger charge is -2.33. The number of rotatable bonds is 11. The van der Waals surface area contributed by atoms with Crippen molar-refractivity contribution >= 4 is 0 Å². The van der Waals surface area contributed by atoms with Crippen molar-refractivity contribution in [2.45, 2.75) is 85.0 Å². The maximum Gasteiger partial charge on any atom is 0.215 e. The van der Waals surface area contributed by atoms with E-state index in [0.29, 0.717) is 5.41 Å². The van der Waals surface area contributed by atoms with E-state index in [1.807, 2.05) is 0 Å². The molecule has 0 saturated carbocycles. The Morgan fingerprint density at radius 3 is 1.47 bits per heavy atom. The Kier molecular flexibility index (Phi) is 10.3. The molecule has 0 spiro atoms. The SMILES string of the molecule is [C-]#[N+]CCC(CCCC)(CCCC)CCCC. The number of hydrogen-bond donors (Lipinski definition) is 0. The van der Waals surface area contributed by atoms with Gasteiger partial charge < -0.3 is 4.85 Å². The maximum absolute atomic E-state index is 7.04. The standard InChI is InChI=1S/C16H31N/c1-5-8-11-16(12-9-6-2,13-10-7-3)14-15-17-4/h5-15H2,1-3H3. The minimum absolute atomic E-state index is 0.493. The van der Waals surface area contributed by atoms with Crippen molar-refractivity contribution in [2.75, 3.05) is 6.54 Å². The van der Waals surface area contributed by atoms with Crippen LogP contribution in [0.25, 0.3) is 4.85 Å². The van der Waals surface area contributed by atoms with E-state index in [9.17, 15) is 0 Å². The van der Waals surface area contributed by atoms with E-state index >= 15 is 0 Å². The van der Waals surface area contributed by atoms with Gasteiger partial charge >= 0.3 is 0 Å². The molecule has 0 aliphatic carbocycles. The van der Waals surface area contributed by atoms with Crippen molar-refractivity contribution in [1.29, 1.82) is 0 Å². The Balaban J connectivity index is 4.46. The minimum atomic E-state index is 0.493. The predicted molar refractivity (Wildman–Crippen MR) is 77.1 cm³/mol. The largest absolute Gasteiger partial charge is 0.317 e. The van der Waals surface area contributed by atoms with Crippen LogP contribution in [0.4, 0.5) is 0 Å². The van der Waals surface area contributed by atoms with Gasteiger partial charge in [0, 0.05) is 6.42 Å². The average molecular weight is 237 g/mol. The van der Waals surface area contributed by atoms with Crippen LogP contribution in [-0.2, 0) is 0 Å². The quantitative estimate of drug-likeness (QED) is 0.397. The first-order valence-electron chi connectivity index (χ1n) is 7.58. The maximum atomic E-state index is 7.04. The average Bonchev–Trinajstić information content (AvgIpc) is 2.37. The molecule has 0 saturated heterocycles.